The molecular formula is C14H20N2. The Morgan fingerprint density at radius 2 is 2.00 bits per heavy atom. The molecule has 3 rings (SSSR count). The van der Waals surface area contributed by atoms with Gasteiger partial charge in [0.15, 0.2) is 0 Å². The van der Waals surface area contributed by atoms with Crippen molar-refractivity contribution < 1.29 is 0 Å². The zero-order chi connectivity index (χ0) is 11.0. The lowest BCUT2D eigenvalue weighted by Gasteiger charge is -2.24. The number of aryl methyl sites for hydroxylation is 1. The van der Waals surface area contributed by atoms with Crippen LogP contribution in [0.1, 0.15) is 48.4 Å². The van der Waals surface area contributed by atoms with Crippen LogP contribution in [-0.2, 0) is 12.8 Å². The largest absolute Gasteiger partial charge is 0.398 e. The van der Waals surface area contributed by atoms with Gasteiger partial charge in [0, 0.05) is 11.7 Å². The molecular weight excluding hydrogens is 196 g/mol. The average Bonchev–Trinajstić information content (AvgIpc) is 2.82. The molecule has 1 saturated heterocycles. The highest BCUT2D eigenvalue weighted by molar-refractivity contribution is 5.56. The Morgan fingerprint density at radius 1 is 1.12 bits per heavy atom. The third-order valence-corrected chi connectivity index (χ3v) is 4.02. The van der Waals surface area contributed by atoms with Crippen molar-refractivity contribution in [3.05, 3.63) is 28.8 Å². The number of anilines is 1. The fraction of sp³-hybridized carbons (Fsp3) is 0.571. The lowest BCUT2D eigenvalue weighted by atomic mass is 9.84. The molecule has 3 N–H and O–H groups in total. The van der Waals surface area contributed by atoms with Gasteiger partial charge in [0.05, 0.1) is 0 Å². The van der Waals surface area contributed by atoms with Crippen molar-refractivity contribution in [2.75, 3.05) is 12.3 Å². The molecule has 0 saturated carbocycles. The van der Waals surface area contributed by atoms with Crippen LogP contribution in [0.25, 0.3) is 0 Å². The second-order valence-electron chi connectivity index (χ2n) is 5.06. The van der Waals surface area contributed by atoms with E-state index in [4.69, 9.17) is 5.73 Å². The van der Waals surface area contributed by atoms with E-state index in [0.29, 0.717) is 6.04 Å². The molecule has 1 fully saturated rings. The summed E-state index contributed by atoms with van der Waals surface area (Å²) in [5.74, 6) is 0. The molecule has 1 atom stereocenters. The number of benzene rings is 1. The number of rotatable bonds is 1. The minimum absolute atomic E-state index is 0.521. The predicted molar refractivity (Wildman–Crippen MR) is 67.5 cm³/mol. The van der Waals surface area contributed by atoms with Crippen LogP contribution in [0.5, 0.6) is 0 Å². The van der Waals surface area contributed by atoms with Crippen molar-refractivity contribution in [3.8, 4) is 0 Å². The quantitative estimate of drug-likeness (QED) is 0.708. The van der Waals surface area contributed by atoms with Gasteiger partial charge in [0.2, 0.25) is 0 Å². The molecule has 1 aliphatic heterocycles. The van der Waals surface area contributed by atoms with Crippen LogP contribution in [0.2, 0.25) is 0 Å². The van der Waals surface area contributed by atoms with Crippen LogP contribution < -0.4 is 11.1 Å². The normalized spacial score (nSPS) is 24.4. The summed E-state index contributed by atoms with van der Waals surface area (Å²) in [4.78, 5) is 0. The molecule has 0 aromatic heterocycles. The van der Waals surface area contributed by atoms with E-state index in [1.807, 2.05) is 0 Å². The molecule has 0 spiro atoms. The van der Waals surface area contributed by atoms with Gasteiger partial charge >= 0.3 is 0 Å². The monoisotopic (exact) mass is 216 g/mol. The first-order chi connectivity index (χ1) is 7.86. The third-order valence-electron chi connectivity index (χ3n) is 4.02. The Balaban J connectivity index is 2.06. The molecule has 1 heterocycles. The van der Waals surface area contributed by atoms with Crippen LogP contribution in [-0.4, -0.2) is 6.54 Å². The summed E-state index contributed by atoms with van der Waals surface area (Å²) in [6, 6.07) is 4.87. The van der Waals surface area contributed by atoms with E-state index in [-0.39, 0.29) is 0 Å². The molecule has 1 aliphatic carbocycles. The Hall–Kier alpha value is -1.02. The van der Waals surface area contributed by atoms with Crippen molar-refractivity contribution in [3.63, 3.8) is 0 Å². The maximum atomic E-state index is 6.18. The maximum Gasteiger partial charge on any atom is 0.0365 e. The van der Waals surface area contributed by atoms with E-state index >= 15 is 0 Å². The summed E-state index contributed by atoms with van der Waals surface area (Å²) >= 11 is 0. The molecule has 0 bridgehead atoms. The van der Waals surface area contributed by atoms with Gasteiger partial charge < -0.3 is 11.1 Å². The summed E-state index contributed by atoms with van der Waals surface area (Å²) in [7, 11) is 0. The smallest absolute Gasteiger partial charge is 0.0365 e. The van der Waals surface area contributed by atoms with E-state index in [1.165, 1.54) is 44.1 Å². The van der Waals surface area contributed by atoms with Crippen LogP contribution in [0.3, 0.4) is 0 Å². The Bertz CT molecular complexity index is 392. The van der Waals surface area contributed by atoms with Gasteiger partial charge in [-0.1, -0.05) is 6.07 Å². The van der Waals surface area contributed by atoms with Crippen LogP contribution in [0.4, 0.5) is 5.69 Å². The lowest BCUT2D eigenvalue weighted by Crippen LogP contribution is -2.19. The minimum atomic E-state index is 0.521. The zero-order valence-corrected chi connectivity index (χ0v) is 9.76. The molecule has 0 amide bonds. The first-order valence-corrected chi connectivity index (χ1v) is 6.50. The van der Waals surface area contributed by atoms with E-state index in [0.717, 1.165) is 12.2 Å². The molecule has 1 aromatic rings. The molecule has 2 heteroatoms. The fourth-order valence-corrected chi connectivity index (χ4v) is 3.22. The van der Waals surface area contributed by atoms with Gasteiger partial charge in [0.1, 0.15) is 0 Å². The van der Waals surface area contributed by atoms with Crippen molar-refractivity contribution >= 4 is 5.69 Å². The molecule has 0 radical (unpaired) electrons. The van der Waals surface area contributed by atoms with E-state index in [2.05, 4.69) is 17.4 Å². The summed E-state index contributed by atoms with van der Waals surface area (Å²) in [5.41, 5.74) is 11.7. The van der Waals surface area contributed by atoms with E-state index in [1.54, 1.807) is 11.1 Å². The summed E-state index contributed by atoms with van der Waals surface area (Å²) in [6.07, 6.45) is 7.68. The van der Waals surface area contributed by atoms with E-state index < -0.39 is 0 Å². The van der Waals surface area contributed by atoms with Gasteiger partial charge in [0.25, 0.3) is 0 Å². The highest BCUT2D eigenvalue weighted by Crippen LogP contribution is 2.35. The molecule has 86 valence electrons. The first kappa shape index (κ1) is 10.2. The Morgan fingerprint density at radius 3 is 2.81 bits per heavy atom. The second kappa shape index (κ2) is 4.10. The van der Waals surface area contributed by atoms with Crippen molar-refractivity contribution in [2.45, 2.75) is 44.6 Å². The predicted octanol–water partition coefficient (Wildman–Crippen LogP) is 2.57. The lowest BCUT2D eigenvalue weighted by molar-refractivity contribution is 0.618. The van der Waals surface area contributed by atoms with Gasteiger partial charge in [-0.05, 0) is 67.8 Å². The van der Waals surface area contributed by atoms with Gasteiger partial charge in [-0.15, -0.1) is 0 Å². The highest BCUT2D eigenvalue weighted by atomic mass is 14.9. The number of hydrogen-bond acceptors (Lipinski definition) is 2. The minimum Gasteiger partial charge on any atom is -0.398 e. The maximum absolute atomic E-state index is 6.18. The number of nitrogens with two attached hydrogens (primary N) is 1. The fourth-order valence-electron chi connectivity index (χ4n) is 3.22. The van der Waals surface area contributed by atoms with Gasteiger partial charge in [-0.2, -0.15) is 0 Å². The summed E-state index contributed by atoms with van der Waals surface area (Å²) < 4.78 is 0. The van der Waals surface area contributed by atoms with Gasteiger partial charge in [-0.3, -0.25) is 0 Å². The molecule has 2 aliphatic rings. The van der Waals surface area contributed by atoms with Crippen LogP contribution in [0.15, 0.2) is 12.1 Å². The van der Waals surface area contributed by atoms with Crippen molar-refractivity contribution in [2.24, 2.45) is 0 Å². The summed E-state index contributed by atoms with van der Waals surface area (Å²) in [6.45, 7) is 1.15. The Kier molecular flexibility index (Phi) is 2.60. The molecule has 2 nitrogen and oxygen atoms in total. The van der Waals surface area contributed by atoms with E-state index in [9.17, 15) is 0 Å². The zero-order valence-electron chi connectivity index (χ0n) is 9.76. The van der Waals surface area contributed by atoms with Crippen LogP contribution >= 0.6 is 0 Å². The first-order valence-electron chi connectivity index (χ1n) is 6.50. The third kappa shape index (κ3) is 1.61. The topological polar surface area (TPSA) is 38.0 Å². The van der Waals surface area contributed by atoms with Gasteiger partial charge in [-0.25, -0.2) is 0 Å². The second-order valence-corrected chi connectivity index (χ2v) is 5.06. The number of fused-ring (bicyclic) bond motifs is 1. The average molecular weight is 216 g/mol. The SMILES string of the molecule is Nc1ccc2c(c1[C@@H]1CCCN1)CCCC2. The highest BCUT2D eigenvalue weighted by Gasteiger charge is 2.24. The van der Waals surface area contributed by atoms with Crippen molar-refractivity contribution in [1.29, 1.82) is 0 Å². The number of nitrogens with one attached hydrogen (secondary N) is 1. The molecule has 0 unspecified atom stereocenters. The number of nitrogen functional groups attached to an aromatic ring is 1. The molecule has 16 heavy (non-hydrogen) atoms. The Labute approximate surface area is 97.2 Å². The molecule has 1 aromatic carbocycles. The number of hydrogen-bond donors (Lipinski definition) is 2. The summed E-state index contributed by atoms with van der Waals surface area (Å²) in [5, 5.41) is 3.58. The standard InChI is InChI=1S/C14H20N2/c15-12-8-7-10-4-1-2-5-11(10)14(12)13-6-3-9-16-13/h7-8,13,16H,1-6,9,15H2/t13-/m0/s1. The van der Waals surface area contributed by atoms with Crippen LogP contribution in [0, 0.1) is 0 Å². The van der Waals surface area contributed by atoms with Crippen molar-refractivity contribution in [1.82, 2.24) is 5.32 Å².